The van der Waals surface area contributed by atoms with Crippen molar-refractivity contribution in [2.24, 2.45) is 0 Å². The molecule has 1 aromatic rings. The van der Waals surface area contributed by atoms with Crippen molar-refractivity contribution in [2.45, 2.75) is 0 Å². The first-order valence-electron chi connectivity index (χ1n) is 4.81. The summed E-state index contributed by atoms with van der Waals surface area (Å²) in [5.74, 6) is -0.412. The molecule has 1 heterocycles. The van der Waals surface area contributed by atoms with Gasteiger partial charge in [-0.2, -0.15) is 0 Å². The molecule has 0 aliphatic heterocycles. The summed E-state index contributed by atoms with van der Waals surface area (Å²) in [5, 5.41) is 0. The number of ether oxygens (including phenoxy) is 1. The van der Waals surface area contributed by atoms with Gasteiger partial charge in [0.25, 0.3) is 0 Å². The zero-order chi connectivity index (χ0) is 12.8. The molecule has 0 N–H and O–H groups in total. The molecule has 0 saturated carbocycles. The molecule has 0 aliphatic carbocycles. The number of anilines is 1. The van der Waals surface area contributed by atoms with Gasteiger partial charge in [0, 0.05) is 12.7 Å². The van der Waals surface area contributed by atoms with Gasteiger partial charge in [0.2, 0.25) is 0 Å². The van der Waals surface area contributed by atoms with Crippen LogP contribution in [-0.2, 0) is 9.53 Å². The second kappa shape index (κ2) is 5.74. The van der Waals surface area contributed by atoms with E-state index in [9.17, 15) is 14.4 Å². The average molecular weight is 236 g/mol. The quantitative estimate of drug-likeness (QED) is 0.541. The average Bonchev–Trinajstić information content (AvgIpc) is 2.37. The molecule has 0 aliphatic rings. The largest absolute Gasteiger partial charge is 0.468 e. The van der Waals surface area contributed by atoms with Crippen LogP contribution in [0.4, 0.5) is 5.69 Å². The van der Waals surface area contributed by atoms with Crippen LogP contribution < -0.4 is 4.90 Å². The van der Waals surface area contributed by atoms with E-state index in [0.717, 1.165) is 0 Å². The maximum absolute atomic E-state index is 11.1. The van der Waals surface area contributed by atoms with Crippen molar-refractivity contribution in [2.75, 3.05) is 25.6 Å². The molecule has 0 radical (unpaired) electrons. The second-order valence-corrected chi connectivity index (χ2v) is 3.34. The Balaban J connectivity index is 2.99. The van der Waals surface area contributed by atoms with Crippen molar-refractivity contribution < 1.29 is 19.1 Å². The first-order chi connectivity index (χ1) is 8.10. The monoisotopic (exact) mass is 236 g/mol. The lowest BCUT2D eigenvalue weighted by Crippen LogP contribution is -2.26. The zero-order valence-corrected chi connectivity index (χ0v) is 9.54. The number of carbonyl (C=O) groups is 3. The number of methoxy groups -OCH3 is 1. The number of nitrogens with zero attached hydrogens (tertiary/aromatic N) is 2. The summed E-state index contributed by atoms with van der Waals surface area (Å²) in [6.07, 6.45) is 1.09. The topological polar surface area (TPSA) is 76.6 Å². The molecule has 0 aromatic carbocycles. The minimum Gasteiger partial charge on any atom is -0.468 e. The predicted octanol–water partition coefficient (Wildman–Crippen LogP) is 0.316. The number of carbonyl (C=O) groups excluding carboxylic acids is 3. The Morgan fingerprint density at radius 1 is 1.35 bits per heavy atom. The number of esters is 1. The standard InChI is InChI=1S/C11H12N2O4/c1-13(5-11(16)17-2)10-3-8(6-14)12-9(4-10)7-15/h3-4,6-7H,5H2,1-2H3. The van der Waals surface area contributed by atoms with E-state index in [-0.39, 0.29) is 17.9 Å². The molecule has 0 saturated heterocycles. The number of hydrogen-bond acceptors (Lipinski definition) is 6. The summed E-state index contributed by atoms with van der Waals surface area (Å²) in [5.41, 5.74) is 0.831. The lowest BCUT2D eigenvalue weighted by Gasteiger charge is -2.18. The second-order valence-electron chi connectivity index (χ2n) is 3.34. The summed E-state index contributed by atoms with van der Waals surface area (Å²) in [4.78, 5) is 37.7. The van der Waals surface area contributed by atoms with Crippen LogP contribution in [0.25, 0.3) is 0 Å². The van der Waals surface area contributed by atoms with Crippen LogP contribution in [0.1, 0.15) is 21.0 Å². The highest BCUT2D eigenvalue weighted by atomic mass is 16.5. The van der Waals surface area contributed by atoms with E-state index in [1.807, 2.05) is 0 Å². The van der Waals surface area contributed by atoms with Crippen LogP contribution in [0, 0.1) is 0 Å². The molecule has 1 aromatic heterocycles. The van der Waals surface area contributed by atoms with E-state index in [2.05, 4.69) is 9.72 Å². The summed E-state index contributed by atoms with van der Waals surface area (Å²) < 4.78 is 4.52. The number of pyridine rings is 1. The van der Waals surface area contributed by atoms with Gasteiger partial charge >= 0.3 is 5.97 Å². The fourth-order valence-corrected chi connectivity index (χ4v) is 1.25. The van der Waals surface area contributed by atoms with E-state index in [0.29, 0.717) is 18.3 Å². The Bertz CT molecular complexity index is 419. The minimum atomic E-state index is -0.412. The Kier molecular flexibility index (Phi) is 4.33. The fourth-order valence-electron chi connectivity index (χ4n) is 1.25. The Hall–Kier alpha value is -2.24. The molecular formula is C11H12N2O4. The third-order valence-corrected chi connectivity index (χ3v) is 2.13. The van der Waals surface area contributed by atoms with Gasteiger partial charge in [-0.05, 0) is 12.1 Å². The highest BCUT2D eigenvalue weighted by Crippen LogP contribution is 2.14. The van der Waals surface area contributed by atoms with Gasteiger partial charge < -0.3 is 9.64 Å². The third kappa shape index (κ3) is 3.37. The molecule has 0 amide bonds. The van der Waals surface area contributed by atoms with Gasteiger partial charge in [0.15, 0.2) is 12.6 Å². The fraction of sp³-hybridized carbons (Fsp3) is 0.273. The summed E-state index contributed by atoms with van der Waals surface area (Å²) >= 11 is 0. The SMILES string of the molecule is COC(=O)CN(C)c1cc(C=O)nc(C=O)c1. The molecule has 0 atom stereocenters. The number of aldehydes is 2. The highest BCUT2D eigenvalue weighted by molar-refractivity contribution is 5.82. The first-order valence-corrected chi connectivity index (χ1v) is 4.81. The van der Waals surface area contributed by atoms with E-state index in [4.69, 9.17) is 0 Å². The normalized spacial score (nSPS) is 9.53. The van der Waals surface area contributed by atoms with E-state index < -0.39 is 5.97 Å². The Morgan fingerprint density at radius 2 is 1.88 bits per heavy atom. The lowest BCUT2D eigenvalue weighted by atomic mass is 10.2. The van der Waals surface area contributed by atoms with E-state index in [1.165, 1.54) is 19.2 Å². The van der Waals surface area contributed by atoms with Crippen LogP contribution in [0.5, 0.6) is 0 Å². The van der Waals surface area contributed by atoms with Gasteiger partial charge in [-0.1, -0.05) is 0 Å². The van der Waals surface area contributed by atoms with Crippen molar-refractivity contribution in [1.82, 2.24) is 4.98 Å². The van der Waals surface area contributed by atoms with E-state index >= 15 is 0 Å². The van der Waals surface area contributed by atoms with Gasteiger partial charge in [-0.15, -0.1) is 0 Å². The van der Waals surface area contributed by atoms with Crippen LogP contribution in [0.2, 0.25) is 0 Å². The molecule has 6 nitrogen and oxygen atoms in total. The highest BCUT2D eigenvalue weighted by Gasteiger charge is 2.10. The summed E-state index contributed by atoms with van der Waals surface area (Å²) in [7, 11) is 2.94. The van der Waals surface area contributed by atoms with Crippen molar-refractivity contribution in [1.29, 1.82) is 0 Å². The molecule has 0 bridgehead atoms. The Labute approximate surface area is 98.2 Å². The van der Waals surface area contributed by atoms with Crippen molar-refractivity contribution in [3.63, 3.8) is 0 Å². The van der Waals surface area contributed by atoms with Crippen LogP contribution in [0.3, 0.4) is 0 Å². The molecule has 17 heavy (non-hydrogen) atoms. The molecule has 0 unspecified atom stereocenters. The first kappa shape index (κ1) is 12.8. The third-order valence-electron chi connectivity index (χ3n) is 2.13. The number of hydrogen-bond donors (Lipinski definition) is 0. The number of rotatable bonds is 5. The maximum Gasteiger partial charge on any atom is 0.325 e. The van der Waals surface area contributed by atoms with Gasteiger partial charge in [-0.25, -0.2) is 4.98 Å². The Morgan fingerprint density at radius 3 is 2.29 bits per heavy atom. The molecule has 90 valence electrons. The van der Waals surface area contributed by atoms with Crippen molar-refractivity contribution in [3.8, 4) is 0 Å². The minimum absolute atomic E-state index is 0.0249. The number of aromatic nitrogens is 1. The molecular weight excluding hydrogens is 224 g/mol. The smallest absolute Gasteiger partial charge is 0.325 e. The predicted molar refractivity (Wildman–Crippen MR) is 60.3 cm³/mol. The maximum atomic E-state index is 11.1. The lowest BCUT2D eigenvalue weighted by molar-refractivity contribution is -0.138. The van der Waals surface area contributed by atoms with E-state index in [1.54, 1.807) is 11.9 Å². The molecule has 0 spiro atoms. The summed E-state index contributed by atoms with van der Waals surface area (Å²) in [6.45, 7) is 0.0249. The van der Waals surface area contributed by atoms with Gasteiger partial charge in [0.1, 0.15) is 17.9 Å². The van der Waals surface area contributed by atoms with Crippen LogP contribution in [-0.4, -0.2) is 44.2 Å². The zero-order valence-electron chi connectivity index (χ0n) is 9.54. The van der Waals surface area contributed by atoms with Crippen LogP contribution >= 0.6 is 0 Å². The van der Waals surface area contributed by atoms with Crippen molar-refractivity contribution >= 4 is 24.2 Å². The van der Waals surface area contributed by atoms with Crippen molar-refractivity contribution in [3.05, 3.63) is 23.5 Å². The summed E-state index contributed by atoms with van der Waals surface area (Å²) in [6, 6.07) is 2.98. The molecule has 6 heteroatoms. The number of likely N-dealkylation sites (N-methyl/N-ethyl adjacent to an activating group) is 1. The van der Waals surface area contributed by atoms with Gasteiger partial charge in [0.05, 0.1) is 7.11 Å². The van der Waals surface area contributed by atoms with Crippen LogP contribution in [0.15, 0.2) is 12.1 Å². The molecule has 1 rings (SSSR count). The van der Waals surface area contributed by atoms with Gasteiger partial charge in [-0.3, -0.25) is 14.4 Å². The molecule has 0 fully saturated rings.